The SMILES string of the molecule is CC(C)(O)C#Cc1ccc([N+](=O)[O-])c2c([N+](=O)[O-])cccc12. The molecular formula is C15H12N2O5. The van der Waals surface area contributed by atoms with Crippen molar-refractivity contribution in [2.75, 3.05) is 0 Å². The fourth-order valence-corrected chi connectivity index (χ4v) is 2.00. The molecule has 22 heavy (non-hydrogen) atoms. The van der Waals surface area contributed by atoms with Gasteiger partial charge in [-0.05, 0) is 19.9 Å². The van der Waals surface area contributed by atoms with Gasteiger partial charge in [0.1, 0.15) is 11.0 Å². The number of nitro benzene ring substituents is 2. The average Bonchev–Trinajstić information content (AvgIpc) is 2.42. The molecule has 0 aliphatic carbocycles. The quantitative estimate of drug-likeness (QED) is 0.521. The number of nitrogens with zero attached hydrogens (tertiary/aromatic N) is 2. The van der Waals surface area contributed by atoms with Crippen molar-refractivity contribution in [3.63, 3.8) is 0 Å². The summed E-state index contributed by atoms with van der Waals surface area (Å²) in [6.45, 7) is 2.99. The smallest absolute Gasteiger partial charge is 0.284 e. The van der Waals surface area contributed by atoms with E-state index in [4.69, 9.17) is 0 Å². The van der Waals surface area contributed by atoms with Gasteiger partial charge in [0, 0.05) is 23.1 Å². The molecule has 0 unspecified atom stereocenters. The Morgan fingerprint density at radius 3 is 2.18 bits per heavy atom. The van der Waals surface area contributed by atoms with Crippen LogP contribution in [0.2, 0.25) is 0 Å². The zero-order chi connectivity index (χ0) is 16.5. The molecular weight excluding hydrogens is 288 g/mol. The molecule has 2 rings (SSSR count). The number of rotatable bonds is 2. The zero-order valence-electron chi connectivity index (χ0n) is 11.9. The number of nitro groups is 2. The van der Waals surface area contributed by atoms with E-state index < -0.39 is 15.4 Å². The Morgan fingerprint density at radius 2 is 1.64 bits per heavy atom. The number of aliphatic hydroxyl groups is 1. The summed E-state index contributed by atoms with van der Waals surface area (Å²) in [5.41, 5.74) is -1.56. The molecule has 0 spiro atoms. The van der Waals surface area contributed by atoms with Crippen LogP contribution in [-0.2, 0) is 0 Å². The van der Waals surface area contributed by atoms with Crippen LogP contribution in [0.3, 0.4) is 0 Å². The predicted molar refractivity (Wildman–Crippen MR) is 80.4 cm³/mol. The van der Waals surface area contributed by atoms with Crippen LogP contribution in [0.25, 0.3) is 10.8 Å². The Morgan fingerprint density at radius 1 is 1.05 bits per heavy atom. The summed E-state index contributed by atoms with van der Waals surface area (Å²) in [5.74, 6) is 5.31. The summed E-state index contributed by atoms with van der Waals surface area (Å²) >= 11 is 0. The van der Waals surface area contributed by atoms with Crippen LogP contribution in [0.4, 0.5) is 11.4 Å². The topological polar surface area (TPSA) is 107 Å². The van der Waals surface area contributed by atoms with Gasteiger partial charge in [-0.2, -0.15) is 0 Å². The molecule has 0 aliphatic rings. The maximum atomic E-state index is 11.1. The molecule has 7 nitrogen and oxygen atoms in total. The van der Waals surface area contributed by atoms with Crippen molar-refractivity contribution in [1.82, 2.24) is 0 Å². The molecule has 0 aliphatic heterocycles. The number of hydrogen-bond donors (Lipinski definition) is 1. The maximum absolute atomic E-state index is 11.1. The number of fused-ring (bicyclic) bond motifs is 1. The monoisotopic (exact) mass is 300 g/mol. The van der Waals surface area contributed by atoms with E-state index in [1.165, 1.54) is 44.2 Å². The van der Waals surface area contributed by atoms with Gasteiger partial charge in [-0.1, -0.05) is 24.0 Å². The molecule has 0 saturated carbocycles. The molecule has 0 bridgehead atoms. The highest BCUT2D eigenvalue weighted by Crippen LogP contribution is 2.35. The zero-order valence-corrected chi connectivity index (χ0v) is 11.9. The lowest BCUT2D eigenvalue weighted by Gasteiger charge is -2.07. The average molecular weight is 300 g/mol. The second-order valence-corrected chi connectivity index (χ2v) is 5.16. The largest absolute Gasteiger partial charge is 0.378 e. The summed E-state index contributed by atoms with van der Waals surface area (Å²) in [6, 6.07) is 6.79. The van der Waals surface area contributed by atoms with Crippen molar-refractivity contribution in [3.8, 4) is 11.8 Å². The highest BCUT2D eigenvalue weighted by molar-refractivity contribution is 6.01. The third kappa shape index (κ3) is 3.02. The van der Waals surface area contributed by atoms with Gasteiger partial charge in [-0.15, -0.1) is 0 Å². The first kappa shape index (κ1) is 15.4. The van der Waals surface area contributed by atoms with Crippen LogP contribution in [0, 0.1) is 32.1 Å². The summed E-state index contributed by atoms with van der Waals surface area (Å²) in [6.07, 6.45) is 0. The van der Waals surface area contributed by atoms with E-state index in [1.807, 2.05) is 0 Å². The molecule has 1 N–H and O–H groups in total. The van der Waals surface area contributed by atoms with Crippen LogP contribution in [0.5, 0.6) is 0 Å². The molecule has 0 saturated heterocycles. The summed E-state index contributed by atoms with van der Waals surface area (Å²) in [7, 11) is 0. The van der Waals surface area contributed by atoms with Crippen molar-refractivity contribution in [1.29, 1.82) is 0 Å². The Balaban J connectivity index is 2.86. The molecule has 0 fully saturated rings. The molecule has 2 aromatic carbocycles. The van der Waals surface area contributed by atoms with Gasteiger partial charge in [-0.3, -0.25) is 20.2 Å². The molecule has 0 heterocycles. The Kier molecular flexibility index (Phi) is 3.80. The van der Waals surface area contributed by atoms with E-state index in [0.717, 1.165) is 0 Å². The van der Waals surface area contributed by atoms with Crippen LogP contribution in [-0.4, -0.2) is 20.6 Å². The number of hydrogen-bond acceptors (Lipinski definition) is 5. The van der Waals surface area contributed by atoms with E-state index in [0.29, 0.717) is 10.9 Å². The van der Waals surface area contributed by atoms with E-state index >= 15 is 0 Å². The molecule has 7 heteroatoms. The van der Waals surface area contributed by atoms with E-state index in [-0.39, 0.29) is 16.8 Å². The summed E-state index contributed by atoms with van der Waals surface area (Å²) in [4.78, 5) is 20.9. The Bertz CT molecular complexity index is 820. The minimum atomic E-state index is -1.24. The van der Waals surface area contributed by atoms with E-state index in [2.05, 4.69) is 11.8 Å². The third-order valence-corrected chi connectivity index (χ3v) is 2.89. The van der Waals surface area contributed by atoms with Gasteiger partial charge in [0.2, 0.25) is 0 Å². The second kappa shape index (κ2) is 5.42. The maximum Gasteiger partial charge on any atom is 0.284 e. The number of benzene rings is 2. The first-order valence-corrected chi connectivity index (χ1v) is 6.31. The normalized spacial score (nSPS) is 10.9. The lowest BCUT2D eigenvalue weighted by atomic mass is 10.0. The minimum absolute atomic E-state index is 0.0694. The highest BCUT2D eigenvalue weighted by atomic mass is 16.6. The van der Waals surface area contributed by atoms with Gasteiger partial charge in [-0.25, -0.2) is 0 Å². The first-order chi connectivity index (χ1) is 10.2. The van der Waals surface area contributed by atoms with Gasteiger partial charge in [0.15, 0.2) is 0 Å². The predicted octanol–water partition coefficient (Wildman–Crippen LogP) is 2.78. The highest BCUT2D eigenvalue weighted by Gasteiger charge is 2.23. The molecule has 2 aromatic rings. The standard InChI is InChI=1S/C15H12N2O5/c1-15(2,18)9-8-10-6-7-13(17(21)22)14-11(10)4-3-5-12(14)16(19)20/h3-7,18H,1-2H3. The molecule has 0 atom stereocenters. The summed E-state index contributed by atoms with van der Waals surface area (Å²) < 4.78 is 0. The minimum Gasteiger partial charge on any atom is -0.378 e. The van der Waals surface area contributed by atoms with Gasteiger partial charge >= 0.3 is 0 Å². The molecule has 0 aromatic heterocycles. The molecule has 112 valence electrons. The van der Waals surface area contributed by atoms with Crippen molar-refractivity contribution < 1.29 is 15.0 Å². The van der Waals surface area contributed by atoms with Gasteiger partial charge < -0.3 is 5.11 Å². The van der Waals surface area contributed by atoms with Crippen LogP contribution in [0.15, 0.2) is 30.3 Å². The van der Waals surface area contributed by atoms with Crippen LogP contribution < -0.4 is 0 Å². The van der Waals surface area contributed by atoms with Crippen molar-refractivity contribution in [2.45, 2.75) is 19.4 Å². The van der Waals surface area contributed by atoms with Crippen molar-refractivity contribution in [2.24, 2.45) is 0 Å². The lowest BCUT2D eigenvalue weighted by Crippen LogP contribution is -2.14. The first-order valence-electron chi connectivity index (χ1n) is 6.31. The fraction of sp³-hybridized carbons (Fsp3) is 0.200. The van der Waals surface area contributed by atoms with E-state index in [9.17, 15) is 25.3 Å². The number of non-ortho nitro benzene ring substituents is 2. The molecule has 0 amide bonds. The summed E-state index contributed by atoms with van der Waals surface area (Å²) in [5, 5.41) is 32.1. The van der Waals surface area contributed by atoms with Crippen LogP contribution >= 0.6 is 0 Å². The Labute approximate surface area is 125 Å². The van der Waals surface area contributed by atoms with Gasteiger partial charge in [0.25, 0.3) is 11.4 Å². The van der Waals surface area contributed by atoms with Crippen molar-refractivity contribution in [3.05, 3.63) is 56.1 Å². The fourth-order valence-electron chi connectivity index (χ4n) is 2.00. The van der Waals surface area contributed by atoms with Crippen molar-refractivity contribution >= 4 is 22.1 Å². The third-order valence-electron chi connectivity index (χ3n) is 2.89. The Hall–Kier alpha value is -2.98. The van der Waals surface area contributed by atoms with Gasteiger partial charge in [0.05, 0.1) is 9.85 Å². The second-order valence-electron chi connectivity index (χ2n) is 5.16. The van der Waals surface area contributed by atoms with Crippen LogP contribution in [0.1, 0.15) is 19.4 Å². The van der Waals surface area contributed by atoms with E-state index in [1.54, 1.807) is 0 Å². The lowest BCUT2D eigenvalue weighted by molar-refractivity contribution is -0.390. The molecule has 0 radical (unpaired) electrons.